The SMILES string of the molecule is CC[C@H](C)NC(=O)[C@H](Cc1ccccc1)N(Cc1ccc(Cl)cc1)C(=O)CCCN(c1ccc(C)cc1)S(C)(=O)=O. The number of hydrogen-bond donors (Lipinski definition) is 1. The Bertz CT molecular complexity index is 1380. The van der Waals surface area contributed by atoms with E-state index in [9.17, 15) is 18.0 Å². The summed E-state index contributed by atoms with van der Waals surface area (Å²) in [6.45, 7) is 6.23. The first-order valence-corrected chi connectivity index (χ1v) is 16.1. The fourth-order valence-electron chi connectivity index (χ4n) is 4.50. The van der Waals surface area contributed by atoms with Gasteiger partial charge in [-0.1, -0.05) is 78.7 Å². The lowest BCUT2D eigenvalue weighted by Gasteiger charge is -2.32. The molecule has 3 aromatic carbocycles. The van der Waals surface area contributed by atoms with Crippen molar-refractivity contribution in [3.63, 3.8) is 0 Å². The zero-order chi connectivity index (χ0) is 30.0. The molecule has 9 heteroatoms. The number of sulfonamides is 1. The van der Waals surface area contributed by atoms with Crippen molar-refractivity contribution in [1.82, 2.24) is 10.2 Å². The molecule has 0 aliphatic heterocycles. The van der Waals surface area contributed by atoms with Gasteiger partial charge in [0.15, 0.2) is 0 Å². The summed E-state index contributed by atoms with van der Waals surface area (Å²) in [5.74, 6) is -0.444. The highest BCUT2D eigenvalue weighted by Crippen LogP contribution is 2.21. The number of amides is 2. The van der Waals surface area contributed by atoms with Crippen LogP contribution in [0.15, 0.2) is 78.9 Å². The number of nitrogens with one attached hydrogen (secondary N) is 1. The third-order valence-corrected chi connectivity index (χ3v) is 8.46. The van der Waals surface area contributed by atoms with Crippen molar-refractivity contribution >= 4 is 39.1 Å². The van der Waals surface area contributed by atoms with Crippen molar-refractivity contribution in [3.8, 4) is 0 Å². The second kappa shape index (κ2) is 15.0. The van der Waals surface area contributed by atoms with E-state index in [-0.39, 0.29) is 37.4 Å². The molecule has 1 N–H and O–H groups in total. The Labute approximate surface area is 249 Å². The number of aryl methyl sites for hydroxylation is 1. The van der Waals surface area contributed by atoms with E-state index >= 15 is 0 Å². The van der Waals surface area contributed by atoms with Gasteiger partial charge in [0.25, 0.3) is 0 Å². The fraction of sp³-hybridized carbons (Fsp3) is 0.375. The smallest absolute Gasteiger partial charge is 0.243 e. The van der Waals surface area contributed by atoms with E-state index in [4.69, 9.17) is 11.6 Å². The molecule has 0 spiro atoms. The molecule has 3 aromatic rings. The zero-order valence-corrected chi connectivity index (χ0v) is 25.8. The molecule has 0 fully saturated rings. The minimum absolute atomic E-state index is 0.0499. The van der Waals surface area contributed by atoms with Gasteiger partial charge in [0.05, 0.1) is 11.9 Å². The van der Waals surface area contributed by atoms with Gasteiger partial charge in [0.1, 0.15) is 6.04 Å². The monoisotopic (exact) mass is 597 g/mol. The minimum atomic E-state index is -3.56. The van der Waals surface area contributed by atoms with Crippen molar-refractivity contribution in [2.45, 2.75) is 65.1 Å². The van der Waals surface area contributed by atoms with Gasteiger partial charge < -0.3 is 10.2 Å². The van der Waals surface area contributed by atoms with Gasteiger partial charge in [-0.15, -0.1) is 0 Å². The number of hydrogen-bond acceptors (Lipinski definition) is 4. The van der Waals surface area contributed by atoms with Crippen LogP contribution in [-0.2, 0) is 32.6 Å². The van der Waals surface area contributed by atoms with E-state index in [1.807, 2.05) is 75.4 Å². The van der Waals surface area contributed by atoms with Crippen molar-refractivity contribution < 1.29 is 18.0 Å². The summed E-state index contributed by atoms with van der Waals surface area (Å²) in [4.78, 5) is 29.1. The van der Waals surface area contributed by atoms with Crippen LogP contribution in [0.2, 0.25) is 5.02 Å². The molecule has 2 atom stereocenters. The average Bonchev–Trinajstić information content (AvgIpc) is 2.94. The third-order valence-electron chi connectivity index (χ3n) is 7.01. The summed E-state index contributed by atoms with van der Waals surface area (Å²) in [7, 11) is -3.56. The Morgan fingerprint density at radius 3 is 2.15 bits per heavy atom. The minimum Gasteiger partial charge on any atom is -0.352 e. The molecule has 0 bridgehead atoms. The van der Waals surface area contributed by atoms with Crippen molar-refractivity contribution in [1.29, 1.82) is 0 Å². The summed E-state index contributed by atoms with van der Waals surface area (Å²) < 4.78 is 26.5. The maximum atomic E-state index is 13.9. The van der Waals surface area contributed by atoms with Crippen molar-refractivity contribution in [3.05, 3.63) is 101 Å². The van der Waals surface area contributed by atoms with E-state index < -0.39 is 16.1 Å². The highest BCUT2D eigenvalue weighted by molar-refractivity contribution is 7.92. The highest BCUT2D eigenvalue weighted by atomic mass is 35.5. The summed E-state index contributed by atoms with van der Waals surface area (Å²) in [6, 6.07) is 23.3. The van der Waals surface area contributed by atoms with Gasteiger partial charge in [0.2, 0.25) is 21.8 Å². The van der Waals surface area contributed by atoms with Crippen molar-refractivity contribution in [2.75, 3.05) is 17.1 Å². The number of carbonyl (C=O) groups is 2. The Balaban J connectivity index is 1.88. The summed E-state index contributed by atoms with van der Waals surface area (Å²) >= 11 is 6.10. The van der Waals surface area contributed by atoms with Gasteiger partial charge in [-0.05, 0) is 62.1 Å². The van der Waals surface area contributed by atoms with Crippen LogP contribution in [0.1, 0.15) is 49.8 Å². The van der Waals surface area contributed by atoms with E-state index in [1.165, 1.54) is 4.31 Å². The van der Waals surface area contributed by atoms with E-state index in [2.05, 4.69) is 5.32 Å². The first kappa shape index (κ1) is 32.2. The van der Waals surface area contributed by atoms with Crippen LogP contribution < -0.4 is 9.62 Å². The summed E-state index contributed by atoms with van der Waals surface area (Å²) in [5, 5.41) is 3.64. The van der Waals surface area contributed by atoms with Crippen LogP contribution in [0.5, 0.6) is 0 Å². The zero-order valence-electron chi connectivity index (χ0n) is 24.2. The molecule has 0 aromatic heterocycles. The molecule has 0 heterocycles. The molecular weight excluding hydrogens is 558 g/mol. The molecule has 7 nitrogen and oxygen atoms in total. The Hall–Kier alpha value is -3.36. The Kier molecular flexibility index (Phi) is 11.8. The molecule has 0 unspecified atom stereocenters. The molecular formula is C32H40ClN3O4S. The maximum Gasteiger partial charge on any atom is 0.243 e. The average molecular weight is 598 g/mol. The van der Waals surface area contributed by atoms with E-state index in [0.29, 0.717) is 23.6 Å². The van der Waals surface area contributed by atoms with Gasteiger partial charge in [-0.3, -0.25) is 13.9 Å². The predicted molar refractivity (Wildman–Crippen MR) is 166 cm³/mol. The van der Waals surface area contributed by atoms with Gasteiger partial charge in [-0.25, -0.2) is 8.42 Å². The largest absolute Gasteiger partial charge is 0.352 e. The maximum absolute atomic E-state index is 13.9. The topological polar surface area (TPSA) is 86.8 Å². The van der Waals surface area contributed by atoms with Gasteiger partial charge in [-0.2, -0.15) is 0 Å². The molecule has 0 radical (unpaired) electrons. The third kappa shape index (κ3) is 9.90. The predicted octanol–water partition coefficient (Wildman–Crippen LogP) is 5.75. The van der Waals surface area contributed by atoms with Gasteiger partial charge in [0, 0.05) is 37.0 Å². The standard InChI is InChI=1S/C32H40ClN3O4S/c1-5-25(3)34-32(38)30(22-26-10-7-6-8-11-26)35(23-27-15-17-28(33)18-16-27)31(37)12-9-21-36(41(4,39)40)29-19-13-24(2)14-20-29/h6-8,10-11,13-20,25,30H,5,9,12,21-23H2,1-4H3,(H,34,38)/t25-,30-/m0/s1. The van der Waals surface area contributed by atoms with Crippen LogP contribution in [0.25, 0.3) is 0 Å². The number of halogens is 1. The molecule has 41 heavy (non-hydrogen) atoms. The Morgan fingerprint density at radius 2 is 1.56 bits per heavy atom. The molecule has 220 valence electrons. The van der Waals surface area contributed by atoms with E-state index in [0.717, 1.165) is 29.4 Å². The number of benzene rings is 3. The molecule has 0 saturated heterocycles. The quantitative estimate of drug-likeness (QED) is 0.256. The first-order valence-electron chi connectivity index (χ1n) is 13.9. The van der Waals surface area contributed by atoms with Gasteiger partial charge >= 0.3 is 0 Å². The molecule has 0 aliphatic carbocycles. The lowest BCUT2D eigenvalue weighted by molar-refractivity contribution is -0.141. The second-order valence-corrected chi connectivity index (χ2v) is 12.8. The molecule has 2 amide bonds. The second-order valence-electron chi connectivity index (χ2n) is 10.4. The Morgan fingerprint density at radius 1 is 0.927 bits per heavy atom. The van der Waals surface area contributed by atoms with Crippen molar-refractivity contribution in [2.24, 2.45) is 0 Å². The number of anilines is 1. The molecule has 3 rings (SSSR count). The van der Waals surface area contributed by atoms with Crippen LogP contribution in [-0.4, -0.2) is 50.0 Å². The lowest BCUT2D eigenvalue weighted by Crippen LogP contribution is -2.52. The van der Waals surface area contributed by atoms with Crippen LogP contribution in [0, 0.1) is 6.92 Å². The van der Waals surface area contributed by atoms with Crippen LogP contribution in [0.3, 0.4) is 0 Å². The molecule has 0 saturated carbocycles. The summed E-state index contributed by atoms with van der Waals surface area (Å²) in [6.07, 6.45) is 2.64. The fourth-order valence-corrected chi connectivity index (χ4v) is 5.59. The normalized spacial score (nSPS) is 12.8. The summed E-state index contributed by atoms with van der Waals surface area (Å²) in [5.41, 5.74) is 3.36. The lowest BCUT2D eigenvalue weighted by atomic mass is 10.0. The first-order chi connectivity index (χ1) is 19.5. The van der Waals surface area contributed by atoms with Crippen LogP contribution in [0.4, 0.5) is 5.69 Å². The number of nitrogens with zero attached hydrogens (tertiary/aromatic N) is 2. The molecule has 0 aliphatic rings. The number of carbonyl (C=O) groups excluding carboxylic acids is 2. The van der Waals surface area contributed by atoms with E-state index in [1.54, 1.807) is 29.2 Å². The van der Waals surface area contributed by atoms with Crippen LogP contribution >= 0.6 is 11.6 Å². The highest BCUT2D eigenvalue weighted by Gasteiger charge is 2.31. The number of rotatable bonds is 14.